The Labute approximate surface area is 106 Å². The van der Waals surface area contributed by atoms with Gasteiger partial charge in [0.15, 0.2) is 0 Å². The van der Waals surface area contributed by atoms with E-state index < -0.39 is 0 Å². The Morgan fingerprint density at radius 1 is 1.39 bits per heavy atom. The van der Waals surface area contributed by atoms with E-state index in [1.54, 1.807) is 12.3 Å². The number of aromatic amines is 1. The molecule has 0 saturated heterocycles. The standard InChI is InChI=1S/C14H17N3O/c1-2-8-15-14(18)16-9-7-11-10-17-13-6-4-3-5-12(11)13/h2-6,8,10,17H,7,9H2,1H3,(H2,15,16,18)/b8-2+. The smallest absolute Gasteiger partial charge is 0.318 e. The number of urea groups is 1. The van der Waals surface area contributed by atoms with E-state index in [1.165, 1.54) is 10.9 Å². The summed E-state index contributed by atoms with van der Waals surface area (Å²) in [6, 6.07) is 7.98. The normalized spacial score (nSPS) is 10.9. The number of H-pyrrole nitrogens is 1. The predicted octanol–water partition coefficient (Wildman–Crippen LogP) is 2.54. The van der Waals surface area contributed by atoms with Crippen LogP contribution in [0.3, 0.4) is 0 Å². The zero-order valence-corrected chi connectivity index (χ0v) is 10.4. The van der Waals surface area contributed by atoms with Crippen molar-refractivity contribution in [1.82, 2.24) is 15.6 Å². The molecule has 0 spiro atoms. The number of rotatable bonds is 4. The molecule has 0 fully saturated rings. The van der Waals surface area contributed by atoms with Crippen LogP contribution in [0.15, 0.2) is 42.7 Å². The van der Waals surface area contributed by atoms with Gasteiger partial charge in [-0.3, -0.25) is 0 Å². The Balaban J connectivity index is 1.89. The first-order valence-electron chi connectivity index (χ1n) is 6.02. The van der Waals surface area contributed by atoms with E-state index >= 15 is 0 Å². The number of allylic oxidation sites excluding steroid dienone is 1. The third-order valence-electron chi connectivity index (χ3n) is 2.74. The van der Waals surface area contributed by atoms with E-state index in [1.807, 2.05) is 31.3 Å². The average Bonchev–Trinajstić information content (AvgIpc) is 2.80. The number of carbonyl (C=O) groups is 1. The average molecular weight is 243 g/mol. The van der Waals surface area contributed by atoms with Gasteiger partial charge in [-0.1, -0.05) is 24.3 Å². The van der Waals surface area contributed by atoms with Gasteiger partial charge in [0.05, 0.1) is 0 Å². The molecule has 0 aliphatic heterocycles. The maximum absolute atomic E-state index is 11.3. The van der Waals surface area contributed by atoms with Crippen LogP contribution in [0.25, 0.3) is 10.9 Å². The molecule has 0 unspecified atom stereocenters. The van der Waals surface area contributed by atoms with Crippen molar-refractivity contribution in [3.63, 3.8) is 0 Å². The summed E-state index contributed by atoms with van der Waals surface area (Å²) < 4.78 is 0. The van der Waals surface area contributed by atoms with Crippen LogP contribution in [0.2, 0.25) is 0 Å². The minimum Gasteiger partial charge on any atom is -0.361 e. The summed E-state index contributed by atoms with van der Waals surface area (Å²) in [6.07, 6.45) is 6.20. The molecule has 1 aromatic carbocycles. The summed E-state index contributed by atoms with van der Waals surface area (Å²) in [6.45, 7) is 2.47. The second kappa shape index (κ2) is 5.91. The molecule has 2 aromatic rings. The molecule has 18 heavy (non-hydrogen) atoms. The maximum Gasteiger partial charge on any atom is 0.318 e. The largest absolute Gasteiger partial charge is 0.361 e. The molecular formula is C14H17N3O. The van der Waals surface area contributed by atoms with Gasteiger partial charge in [0, 0.05) is 29.8 Å². The Hall–Kier alpha value is -2.23. The van der Waals surface area contributed by atoms with Crippen molar-refractivity contribution in [3.05, 3.63) is 48.3 Å². The van der Waals surface area contributed by atoms with E-state index in [9.17, 15) is 4.79 Å². The summed E-state index contributed by atoms with van der Waals surface area (Å²) in [7, 11) is 0. The fraction of sp³-hybridized carbons (Fsp3) is 0.214. The highest BCUT2D eigenvalue weighted by Crippen LogP contribution is 2.17. The molecule has 1 aromatic heterocycles. The van der Waals surface area contributed by atoms with Crippen LogP contribution in [0.4, 0.5) is 4.79 Å². The zero-order chi connectivity index (χ0) is 12.8. The van der Waals surface area contributed by atoms with Crippen LogP contribution >= 0.6 is 0 Å². The van der Waals surface area contributed by atoms with Gasteiger partial charge in [0.1, 0.15) is 0 Å². The molecule has 0 aliphatic carbocycles. The van der Waals surface area contributed by atoms with E-state index in [2.05, 4.69) is 21.7 Å². The quantitative estimate of drug-likeness (QED) is 0.759. The summed E-state index contributed by atoms with van der Waals surface area (Å²) >= 11 is 0. The molecule has 0 atom stereocenters. The van der Waals surface area contributed by atoms with Gasteiger partial charge in [-0.15, -0.1) is 0 Å². The van der Waals surface area contributed by atoms with Crippen molar-refractivity contribution in [1.29, 1.82) is 0 Å². The summed E-state index contributed by atoms with van der Waals surface area (Å²) in [5, 5.41) is 6.63. The number of nitrogens with one attached hydrogen (secondary N) is 3. The number of benzene rings is 1. The van der Waals surface area contributed by atoms with E-state index in [0.717, 1.165) is 11.9 Å². The molecule has 0 aliphatic rings. The van der Waals surface area contributed by atoms with Crippen molar-refractivity contribution in [3.8, 4) is 0 Å². The first-order chi connectivity index (χ1) is 8.81. The molecule has 1 heterocycles. The molecule has 94 valence electrons. The lowest BCUT2D eigenvalue weighted by Gasteiger charge is -2.03. The first kappa shape index (κ1) is 12.2. The summed E-state index contributed by atoms with van der Waals surface area (Å²) in [5.41, 5.74) is 2.35. The first-order valence-corrected chi connectivity index (χ1v) is 6.02. The second-order valence-electron chi connectivity index (χ2n) is 4.01. The van der Waals surface area contributed by atoms with Gasteiger partial charge in [0.2, 0.25) is 0 Å². The number of para-hydroxylation sites is 1. The molecule has 4 nitrogen and oxygen atoms in total. The van der Waals surface area contributed by atoms with Crippen LogP contribution < -0.4 is 10.6 Å². The van der Waals surface area contributed by atoms with Gasteiger partial charge in [-0.25, -0.2) is 4.79 Å². The molecule has 2 amide bonds. The van der Waals surface area contributed by atoms with Crippen LogP contribution in [0.5, 0.6) is 0 Å². The van der Waals surface area contributed by atoms with Crippen molar-refractivity contribution in [2.24, 2.45) is 0 Å². The van der Waals surface area contributed by atoms with E-state index in [4.69, 9.17) is 0 Å². The van der Waals surface area contributed by atoms with Crippen LogP contribution in [0, 0.1) is 0 Å². The lowest BCUT2D eigenvalue weighted by molar-refractivity contribution is 0.244. The van der Waals surface area contributed by atoms with Gasteiger partial charge < -0.3 is 15.6 Å². The fourth-order valence-electron chi connectivity index (χ4n) is 1.86. The monoisotopic (exact) mass is 243 g/mol. The minimum absolute atomic E-state index is 0.173. The van der Waals surface area contributed by atoms with Gasteiger partial charge >= 0.3 is 6.03 Å². The van der Waals surface area contributed by atoms with Crippen molar-refractivity contribution >= 4 is 16.9 Å². The number of hydrogen-bond donors (Lipinski definition) is 3. The highest BCUT2D eigenvalue weighted by molar-refractivity contribution is 5.83. The molecule has 0 bridgehead atoms. The van der Waals surface area contributed by atoms with Crippen LogP contribution in [-0.2, 0) is 6.42 Å². The molecular weight excluding hydrogens is 226 g/mol. The fourth-order valence-corrected chi connectivity index (χ4v) is 1.86. The van der Waals surface area contributed by atoms with Crippen LogP contribution in [-0.4, -0.2) is 17.6 Å². The number of carbonyl (C=O) groups excluding carboxylic acids is 1. The highest BCUT2D eigenvalue weighted by atomic mass is 16.2. The summed E-state index contributed by atoms with van der Waals surface area (Å²) in [5.74, 6) is 0. The van der Waals surface area contributed by atoms with E-state index in [0.29, 0.717) is 6.54 Å². The van der Waals surface area contributed by atoms with E-state index in [-0.39, 0.29) is 6.03 Å². The molecule has 0 saturated carbocycles. The van der Waals surface area contributed by atoms with Crippen molar-refractivity contribution in [2.75, 3.05) is 6.54 Å². The SMILES string of the molecule is C/C=C/NC(=O)NCCc1c[nH]c2ccccc12. The number of fused-ring (bicyclic) bond motifs is 1. The Kier molecular flexibility index (Phi) is 4.02. The molecule has 4 heteroatoms. The number of amides is 2. The third-order valence-corrected chi connectivity index (χ3v) is 2.74. The van der Waals surface area contributed by atoms with Crippen molar-refractivity contribution < 1.29 is 4.79 Å². The van der Waals surface area contributed by atoms with Gasteiger partial charge in [-0.2, -0.15) is 0 Å². The molecule has 0 radical (unpaired) electrons. The zero-order valence-electron chi connectivity index (χ0n) is 10.4. The lowest BCUT2D eigenvalue weighted by atomic mass is 10.1. The third kappa shape index (κ3) is 2.91. The Morgan fingerprint density at radius 3 is 3.06 bits per heavy atom. The maximum atomic E-state index is 11.3. The molecule has 2 rings (SSSR count). The van der Waals surface area contributed by atoms with Gasteiger partial charge in [-0.05, 0) is 25.0 Å². The lowest BCUT2D eigenvalue weighted by Crippen LogP contribution is -2.33. The molecule has 3 N–H and O–H groups in total. The Bertz CT molecular complexity index is 557. The Morgan fingerprint density at radius 2 is 2.22 bits per heavy atom. The minimum atomic E-state index is -0.173. The predicted molar refractivity (Wildman–Crippen MR) is 73.4 cm³/mol. The highest BCUT2D eigenvalue weighted by Gasteiger charge is 2.03. The van der Waals surface area contributed by atoms with Gasteiger partial charge in [0.25, 0.3) is 0 Å². The number of hydrogen-bond acceptors (Lipinski definition) is 1. The number of aromatic nitrogens is 1. The topological polar surface area (TPSA) is 56.9 Å². The van der Waals surface area contributed by atoms with Crippen molar-refractivity contribution in [2.45, 2.75) is 13.3 Å². The summed E-state index contributed by atoms with van der Waals surface area (Å²) in [4.78, 5) is 14.5. The van der Waals surface area contributed by atoms with Crippen LogP contribution in [0.1, 0.15) is 12.5 Å². The second-order valence-corrected chi connectivity index (χ2v) is 4.01.